The van der Waals surface area contributed by atoms with E-state index in [2.05, 4.69) is 12.7 Å². The van der Waals surface area contributed by atoms with Crippen molar-refractivity contribution in [3.05, 3.63) is 12.7 Å². The lowest BCUT2D eigenvalue weighted by atomic mass is 10.4. The van der Waals surface area contributed by atoms with Gasteiger partial charge in [-0.15, -0.1) is 0 Å². The first-order chi connectivity index (χ1) is 6.20. The van der Waals surface area contributed by atoms with Gasteiger partial charge < -0.3 is 14.2 Å². The molecule has 13 heavy (non-hydrogen) atoms. The minimum atomic E-state index is 0.0774. The van der Waals surface area contributed by atoms with E-state index in [9.17, 15) is 0 Å². The first-order valence-corrected chi connectivity index (χ1v) is 4.42. The lowest BCUT2D eigenvalue weighted by Gasteiger charge is -2.16. The average Bonchev–Trinajstić information content (AvgIpc) is 2.12. The van der Waals surface area contributed by atoms with Crippen LogP contribution in [0.5, 0.6) is 0 Å². The number of hydrogen-bond acceptors (Lipinski definition) is 3. The summed E-state index contributed by atoms with van der Waals surface area (Å²) in [6.07, 6.45) is 2.85. The monoisotopic (exact) mass is 187 g/mol. The van der Waals surface area contributed by atoms with Crippen LogP contribution in [0, 0.1) is 6.08 Å². The largest absolute Gasteiger partial charge is 0.382 e. The number of ether oxygens (including phenoxy) is 3. The van der Waals surface area contributed by atoms with Crippen LogP contribution in [0.15, 0.2) is 6.58 Å². The minimum Gasteiger partial charge on any atom is -0.382 e. The molecular weight excluding hydrogens is 168 g/mol. The summed E-state index contributed by atoms with van der Waals surface area (Å²) < 4.78 is 15.7. The van der Waals surface area contributed by atoms with Gasteiger partial charge in [0.1, 0.15) is 0 Å². The van der Waals surface area contributed by atoms with Gasteiger partial charge in [-0.25, -0.2) is 0 Å². The standard InChI is InChI=1S/C10H19O3/c1-5-6-12-10(3)8-13-9(2)7-11-4/h9-10H,1,6-8H2,2-4H3. The predicted octanol–water partition coefficient (Wildman–Crippen LogP) is 1.43. The zero-order valence-corrected chi connectivity index (χ0v) is 8.71. The van der Waals surface area contributed by atoms with E-state index in [0.717, 1.165) is 0 Å². The molecule has 0 bridgehead atoms. The summed E-state index contributed by atoms with van der Waals surface area (Å²) in [7, 11) is 1.66. The molecule has 2 unspecified atom stereocenters. The van der Waals surface area contributed by atoms with Gasteiger partial charge in [-0.2, -0.15) is 0 Å². The van der Waals surface area contributed by atoms with Gasteiger partial charge in [0.2, 0.25) is 0 Å². The zero-order chi connectivity index (χ0) is 10.1. The van der Waals surface area contributed by atoms with Gasteiger partial charge >= 0.3 is 0 Å². The van der Waals surface area contributed by atoms with Crippen LogP contribution in [-0.2, 0) is 14.2 Å². The lowest BCUT2D eigenvalue weighted by molar-refractivity contribution is -0.0460. The number of hydrogen-bond donors (Lipinski definition) is 0. The molecule has 0 aliphatic carbocycles. The van der Waals surface area contributed by atoms with Crippen molar-refractivity contribution in [3.63, 3.8) is 0 Å². The second-order valence-corrected chi connectivity index (χ2v) is 2.97. The van der Waals surface area contributed by atoms with Gasteiger partial charge in [0.15, 0.2) is 0 Å². The van der Waals surface area contributed by atoms with Crippen molar-refractivity contribution in [2.45, 2.75) is 26.1 Å². The molecule has 0 spiro atoms. The van der Waals surface area contributed by atoms with Crippen molar-refractivity contribution in [2.75, 3.05) is 26.9 Å². The van der Waals surface area contributed by atoms with E-state index >= 15 is 0 Å². The maximum absolute atomic E-state index is 5.44. The third-order valence-corrected chi connectivity index (χ3v) is 1.49. The Hall–Kier alpha value is -0.380. The summed E-state index contributed by atoms with van der Waals surface area (Å²) in [5.74, 6) is 0. The summed E-state index contributed by atoms with van der Waals surface area (Å²) in [6.45, 7) is 9.00. The zero-order valence-electron chi connectivity index (χ0n) is 8.71. The Morgan fingerprint density at radius 3 is 2.31 bits per heavy atom. The topological polar surface area (TPSA) is 27.7 Å². The molecule has 1 radical (unpaired) electrons. The molecule has 0 fully saturated rings. The maximum Gasteiger partial charge on any atom is 0.0785 e. The van der Waals surface area contributed by atoms with Crippen molar-refractivity contribution < 1.29 is 14.2 Å². The second kappa shape index (κ2) is 8.23. The Labute approximate surface area is 80.7 Å². The molecular formula is C10H19O3. The third-order valence-electron chi connectivity index (χ3n) is 1.49. The molecule has 0 aromatic heterocycles. The van der Waals surface area contributed by atoms with Crippen LogP contribution < -0.4 is 0 Å². The van der Waals surface area contributed by atoms with Crippen molar-refractivity contribution in [1.29, 1.82) is 0 Å². The Kier molecular flexibility index (Phi) is 7.99. The first kappa shape index (κ1) is 12.6. The van der Waals surface area contributed by atoms with Gasteiger partial charge in [-0.1, -0.05) is 6.58 Å². The highest BCUT2D eigenvalue weighted by molar-refractivity contribution is 4.56. The molecule has 0 saturated heterocycles. The van der Waals surface area contributed by atoms with Crippen molar-refractivity contribution in [2.24, 2.45) is 0 Å². The van der Waals surface area contributed by atoms with E-state index < -0.39 is 0 Å². The summed E-state index contributed by atoms with van der Waals surface area (Å²) in [5.41, 5.74) is 0. The average molecular weight is 187 g/mol. The fourth-order valence-corrected chi connectivity index (χ4v) is 0.832. The van der Waals surface area contributed by atoms with Crippen LogP contribution in [0.2, 0.25) is 0 Å². The van der Waals surface area contributed by atoms with Crippen molar-refractivity contribution in [3.8, 4) is 0 Å². The maximum atomic E-state index is 5.44. The predicted molar refractivity (Wildman–Crippen MR) is 51.6 cm³/mol. The van der Waals surface area contributed by atoms with Crippen LogP contribution in [-0.4, -0.2) is 39.1 Å². The van der Waals surface area contributed by atoms with Gasteiger partial charge in [0.25, 0.3) is 0 Å². The van der Waals surface area contributed by atoms with Crippen LogP contribution in [0.1, 0.15) is 13.8 Å². The molecule has 0 aliphatic heterocycles. The SMILES string of the molecule is C=[C]COC(C)COC(C)COC. The molecule has 0 N–H and O–H groups in total. The third kappa shape index (κ3) is 7.96. The molecule has 0 aromatic carbocycles. The molecule has 0 rings (SSSR count). The van der Waals surface area contributed by atoms with Gasteiger partial charge in [0, 0.05) is 7.11 Å². The molecule has 0 aliphatic rings. The molecule has 0 saturated carbocycles. The van der Waals surface area contributed by atoms with Crippen LogP contribution in [0.4, 0.5) is 0 Å². The Morgan fingerprint density at radius 1 is 1.15 bits per heavy atom. The van der Waals surface area contributed by atoms with Crippen molar-refractivity contribution in [1.82, 2.24) is 0 Å². The number of rotatable bonds is 8. The highest BCUT2D eigenvalue weighted by Crippen LogP contribution is 1.96. The highest BCUT2D eigenvalue weighted by Gasteiger charge is 2.05. The summed E-state index contributed by atoms with van der Waals surface area (Å²) in [6, 6.07) is 0. The summed E-state index contributed by atoms with van der Waals surface area (Å²) in [5, 5.41) is 0. The number of methoxy groups -OCH3 is 1. The highest BCUT2D eigenvalue weighted by atomic mass is 16.6. The van der Waals surface area contributed by atoms with E-state index in [-0.39, 0.29) is 12.2 Å². The van der Waals surface area contributed by atoms with E-state index in [0.29, 0.717) is 19.8 Å². The molecule has 0 amide bonds. The molecule has 3 heteroatoms. The Bertz CT molecular complexity index is 125. The quantitative estimate of drug-likeness (QED) is 0.575. The van der Waals surface area contributed by atoms with E-state index in [1.54, 1.807) is 7.11 Å². The van der Waals surface area contributed by atoms with Gasteiger partial charge in [-0.3, -0.25) is 0 Å². The van der Waals surface area contributed by atoms with Crippen LogP contribution in [0.3, 0.4) is 0 Å². The minimum absolute atomic E-state index is 0.0774. The smallest absolute Gasteiger partial charge is 0.0785 e. The fraction of sp³-hybridized carbons (Fsp3) is 0.800. The summed E-state index contributed by atoms with van der Waals surface area (Å²) >= 11 is 0. The molecule has 0 heterocycles. The lowest BCUT2D eigenvalue weighted by Crippen LogP contribution is -2.23. The molecule has 77 valence electrons. The first-order valence-electron chi connectivity index (χ1n) is 4.42. The van der Waals surface area contributed by atoms with E-state index in [1.165, 1.54) is 0 Å². The van der Waals surface area contributed by atoms with E-state index in [4.69, 9.17) is 14.2 Å². The van der Waals surface area contributed by atoms with Gasteiger partial charge in [0.05, 0.1) is 32.0 Å². The van der Waals surface area contributed by atoms with E-state index in [1.807, 2.05) is 13.8 Å². The molecule has 3 nitrogen and oxygen atoms in total. The Morgan fingerprint density at radius 2 is 1.77 bits per heavy atom. The second-order valence-electron chi connectivity index (χ2n) is 2.97. The van der Waals surface area contributed by atoms with Gasteiger partial charge in [-0.05, 0) is 19.9 Å². The van der Waals surface area contributed by atoms with Crippen LogP contribution in [0.25, 0.3) is 0 Å². The normalized spacial score (nSPS) is 15.3. The molecule has 0 aromatic rings. The van der Waals surface area contributed by atoms with Crippen LogP contribution >= 0.6 is 0 Å². The van der Waals surface area contributed by atoms with Crippen molar-refractivity contribution >= 4 is 0 Å². The fourth-order valence-electron chi connectivity index (χ4n) is 0.832. The Balaban J connectivity index is 3.33. The summed E-state index contributed by atoms with van der Waals surface area (Å²) in [4.78, 5) is 0. The molecule has 2 atom stereocenters.